The van der Waals surface area contributed by atoms with E-state index in [-0.39, 0.29) is 22.0 Å². The summed E-state index contributed by atoms with van der Waals surface area (Å²) in [5, 5.41) is 20.3. The molecular weight excluding hydrogens is 364 g/mol. The van der Waals surface area contributed by atoms with Crippen molar-refractivity contribution in [2.75, 3.05) is 4.72 Å². The second kappa shape index (κ2) is 5.70. The normalized spacial score (nSPS) is 11.1. The Kier molecular flexibility index (Phi) is 4.14. The third-order valence-electron chi connectivity index (χ3n) is 2.59. The van der Waals surface area contributed by atoms with Gasteiger partial charge in [-0.2, -0.15) is 0 Å². The molecule has 0 spiro atoms. The first-order valence-electron chi connectivity index (χ1n) is 5.56. The molecule has 0 amide bonds. The number of hydrogen-bond acceptors (Lipinski definition) is 5. The number of anilines is 1. The van der Waals surface area contributed by atoms with Crippen molar-refractivity contribution in [3.63, 3.8) is 0 Å². The van der Waals surface area contributed by atoms with Gasteiger partial charge >= 0.3 is 0 Å². The molecule has 21 heavy (non-hydrogen) atoms. The van der Waals surface area contributed by atoms with E-state index in [1.807, 2.05) is 0 Å². The van der Waals surface area contributed by atoms with Crippen LogP contribution in [0.4, 0.5) is 11.4 Å². The fourth-order valence-electron chi connectivity index (χ4n) is 1.55. The Balaban J connectivity index is 2.34. The molecule has 0 aliphatic carbocycles. The van der Waals surface area contributed by atoms with Gasteiger partial charge in [-0.1, -0.05) is 6.07 Å². The topological polar surface area (TPSA) is 110 Å². The number of aromatic hydroxyl groups is 1. The van der Waals surface area contributed by atoms with Gasteiger partial charge in [0.05, 0.1) is 20.0 Å². The summed E-state index contributed by atoms with van der Waals surface area (Å²) in [4.78, 5) is 9.77. The summed E-state index contributed by atoms with van der Waals surface area (Å²) in [5.41, 5.74) is -0.206. The minimum absolute atomic E-state index is 0.00253. The molecule has 0 aromatic heterocycles. The summed E-state index contributed by atoms with van der Waals surface area (Å²) in [6.45, 7) is 0. The second-order valence-corrected chi connectivity index (χ2v) is 6.53. The fourth-order valence-corrected chi connectivity index (χ4v) is 2.98. The summed E-state index contributed by atoms with van der Waals surface area (Å²) >= 11 is 3.08. The lowest BCUT2D eigenvalue weighted by Gasteiger charge is -2.10. The molecule has 2 aromatic carbocycles. The number of para-hydroxylation sites is 1. The van der Waals surface area contributed by atoms with Gasteiger partial charge in [-0.25, -0.2) is 8.42 Å². The molecule has 0 heterocycles. The van der Waals surface area contributed by atoms with Crippen LogP contribution < -0.4 is 4.72 Å². The van der Waals surface area contributed by atoms with Gasteiger partial charge < -0.3 is 5.11 Å². The molecule has 0 saturated carbocycles. The zero-order valence-corrected chi connectivity index (χ0v) is 12.8. The summed E-state index contributed by atoms with van der Waals surface area (Å²) < 4.78 is 26.8. The highest BCUT2D eigenvalue weighted by molar-refractivity contribution is 9.10. The highest BCUT2D eigenvalue weighted by atomic mass is 79.9. The fraction of sp³-hybridized carbons (Fsp3) is 0. The third kappa shape index (κ3) is 3.31. The van der Waals surface area contributed by atoms with Crippen molar-refractivity contribution >= 4 is 37.3 Å². The molecule has 0 saturated heterocycles. The van der Waals surface area contributed by atoms with Crippen molar-refractivity contribution < 1.29 is 18.4 Å². The minimum atomic E-state index is -3.95. The van der Waals surface area contributed by atoms with Crippen molar-refractivity contribution in [2.24, 2.45) is 0 Å². The van der Waals surface area contributed by atoms with Gasteiger partial charge in [0.1, 0.15) is 0 Å². The second-order valence-electron chi connectivity index (χ2n) is 3.99. The van der Waals surface area contributed by atoms with E-state index in [1.54, 1.807) is 12.1 Å². The maximum absolute atomic E-state index is 12.1. The Morgan fingerprint density at radius 2 is 1.76 bits per heavy atom. The van der Waals surface area contributed by atoms with Crippen molar-refractivity contribution in [1.29, 1.82) is 0 Å². The molecule has 2 N–H and O–H groups in total. The molecule has 0 fully saturated rings. The molecule has 7 nitrogen and oxygen atoms in total. The lowest BCUT2D eigenvalue weighted by atomic mass is 10.3. The van der Waals surface area contributed by atoms with Gasteiger partial charge in [-0.15, -0.1) is 0 Å². The Morgan fingerprint density at radius 1 is 1.14 bits per heavy atom. The highest BCUT2D eigenvalue weighted by Crippen LogP contribution is 2.33. The summed E-state index contributed by atoms with van der Waals surface area (Å²) in [6, 6.07) is 8.93. The molecule has 0 bridgehead atoms. The first kappa shape index (κ1) is 15.3. The van der Waals surface area contributed by atoms with Crippen molar-refractivity contribution in [1.82, 2.24) is 0 Å². The van der Waals surface area contributed by atoms with Gasteiger partial charge in [0.25, 0.3) is 15.7 Å². The molecule has 9 heteroatoms. The number of nitro groups is 1. The number of nitrogens with zero attached hydrogens (tertiary/aromatic N) is 1. The van der Waals surface area contributed by atoms with E-state index in [1.165, 1.54) is 6.07 Å². The number of benzene rings is 2. The lowest BCUT2D eigenvalue weighted by molar-refractivity contribution is -0.384. The maximum atomic E-state index is 12.1. The van der Waals surface area contributed by atoms with Crippen LogP contribution in [0.1, 0.15) is 0 Å². The average molecular weight is 373 g/mol. The van der Waals surface area contributed by atoms with Gasteiger partial charge in [0.2, 0.25) is 0 Å². The smallest absolute Gasteiger partial charge is 0.269 e. The third-order valence-corrected chi connectivity index (χ3v) is 4.61. The molecule has 0 atom stereocenters. The molecule has 0 aliphatic rings. The quantitative estimate of drug-likeness (QED) is 0.487. The van der Waals surface area contributed by atoms with Crippen LogP contribution in [0.5, 0.6) is 5.75 Å². The van der Waals surface area contributed by atoms with E-state index >= 15 is 0 Å². The molecule has 2 rings (SSSR count). The van der Waals surface area contributed by atoms with E-state index in [4.69, 9.17) is 0 Å². The van der Waals surface area contributed by atoms with E-state index in [9.17, 15) is 23.6 Å². The first-order chi connectivity index (χ1) is 9.81. The molecular formula is C12H9BrN2O5S. The summed E-state index contributed by atoms with van der Waals surface area (Å²) in [6.07, 6.45) is 0. The number of nitrogens with one attached hydrogen (secondary N) is 1. The monoisotopic (exact) mass is 372 g/mol. The van der Waals surface area contributed by atoms with Crippen LogP contribution >= 0.6 is 15.9 Å². The highest BCUT2D eigenvalue weighted by Gasteiger charge is 2.18. The number of nitro benzene ring substituents is 1. The Hall–Kier alpha value is -2.13. The summed E-state index contributed by atoms with van der Waals surface area (Å²) in [7, 11) is -3.95. The number of hydrogen-bond donors (Lipinski definition) is 2. The van der Waals surface area contributed by atoms with Gasteiger partial charge in [-0.05, 0) is 40.2 Å². The van der Waals surface area contributed by atoms with E-state index in [2.05, 4.69) is 20.7 Å². The van der Waals surface area contributed by atoms with Crippen LogP contribution in [-0.4, -0.2) is 18.4 Å². The summed E-state index contributed by atoms with van der Waals surface area (Å²) in [5.74, 6) is -0.247. The predicted octanol–water partition coefficient (Wildman–Crippen LogP) is 2.86. The molecule has 110 valence electrons. The molecule has 2 aromatic rings. The standard InChI is InChI=1S/C12H9BrN2O5S/c13-10-2-1-3-11(12(10)16)14-21(19,20)9-6-4-8(5-7-9)15(17)18/h1-7,14,16H. The van der Waals surface area contributed by atoms with Crippen LogP contribution in [0.3, 0.4) is 0 Å². The minimum Gasteiger partial charge on any atom is -0.505 e. The molecule has 0 aliphatic heterocycles. The zero-order valence-electron chi connectivity index (χ0n) is 10.4. The van der Waals surface area contributed by atoms with Crippen LogP contribution in [0.15, 0.2) is 51.8 Å². The number of non-ortho nitro benzene ring substituents is 1. The number of rotatable bonds is 4. The first-order valence-corrected chi connectivity index (χ1v) is 7.83. The van der Waals surface area contributed by atoms with Crippen LogP contribution in [0.25, 0.3) is 0 Å². The van der Waals surface area contributed by atoms with Crippen molar-refractivity contribution in [2.45, 2.75) is 4.90 Å². The van der Waals surface area contributed by atoms with Crippen molar-refractivity contribution in [3.05, 3.63) is 57.1 Å². The van der Waals surface area contributed by atoms with Gasteiger partial charge in [0.15, 0.2) is 5.75 Å². The maximum Gasteiger partial charge on any atom is 0.269 e. The number of halogens is 1. The lowest BCUT2D eigenvalue weighted by Crippen LogP contribution is -2.13. The van der Waals surface area contributed by atoms with Crippen LogP contribution in [-0.2, 0) is 10.0 Å². The Morgan fingerprint density at radius 3 is 2.33 bits per heavy atom. The van der Waals surface area contributed by atoms with Gasteiger partial charge in [-0.3, -0.25) is 14.8 Å². The number of sulfonamides is 1. The zero-order chi connectivity index (χ0) is 15.6. The van der Waals surface area contributed by atoms with Crippen LogP contribution in [0.2, 0.25) is 0 Å². The Bertz CT molecular complexity index is 790. The number of phenols is 1. The van der Waals surface area contributed by atoms with E-state index in [0.717, 1.165) is 24.3 Å². The molecule has 0 unspecified atom stereocenters. The van der Waals surface area contributed by atoms with Crippen LogP contribution in [0, 0.1) is 10.1 Å². The predicted molar refractivity (Wildman–Crippen MR) is 79.7 cm³/mol. The van der Waals surface area contributed by atoms with E-state index in [0.29, 0.717) is 4.47 Å². The van der Waals surface area contributed by atoms with E-state index < -0.39 is 14.9 Å². The number of phenolic OH excluding ortho intramolecular Hbond substituents is 1. The average Bonchev–Trinajstić information content (AvgIpc) is 2.44. The van der Waals surface area contributed by atoms with Gasteiger partial charge in [0, 0.05) is 12.1 Å². The SMILES string of the molecule is O=[N+]([O-])c1ccc(S(=O)(=O)Nc2cccc(Br)c2O)cc1. The largest absolute Gasteiger partial charge is 0.505 e. The van der Waals surface area contributed by atoms with Crippen molar-refractivity contribution in [3.8, 4) is 5.75 Å². The Labute approximate surface area is 128 Å². The molecule has 0 radical (unpaired) electrons.